The molecule has 0 aliphatic rings. The second-order valence-electron chi connectivity index (χ2n) is 7.51. The molecule has 2 aromatic carbocycles. The Labute approximate surface area is 180 Å². The van der Waals surface area contributed by atoms with Crippen molar-refractivity contribution in [2.45, 2.75) is 52.6 Å². The van der Waals surface area contributed by atoms with E-state index in [9.17, 15) is 13.2 Å². The molecule has 0 fully saturated rings. The number of hydrogen-bond donors (Lipinski definition) is 1. The fraction of sp³-hybridized carbons (Fsp3) is 0.435. The van der Waals surface area contributed by atoms with Gasteiger partial charge in [-0.2, -0.15) is 0 Å². The number of anilines is 1. The number of hydrogen-bond acceptors (Lipinski definition) is 4. The number of sulfonamides is 1. The van der Waals surface area contributed by atoms with Crippen LogP contribution in [-0.2, 0) is 14.8 Å². The van der Waals surface area contributed by atoms with Gasteiger partial charge in [-0.25, -0.2) is 8.42 Å². The lowest BCUT2D eigenvalue weighted by molar-refractivity contribution is -0.123. The molecule has 30 heavy (non-hydrogen) atoms. The smallest absolute Gasteiger partial charge is 0.244 e. The molecule has 2 rings (SSSR count). The highest BCUT2D eigenvalue weighted by atomic mass is 32.2. The average molecular weight is 433 g/mol. The molecule has 164 valence electrons. The van der Waals surface area contributed by atoms with Crippen molar-refractivity contribution < 1.29 is 17.9 Å². The van der Waals surface area contributed by atoms with Crippen LogP contribution in [-0.4, -0.2) is 33.7 Å². The van der Waals surface area contributed by atoms with Crippen LogP contribution in [0.25, 0.3) is 0 Å². The molecule has 0 radical (unpaired) electrons. The summed E-state index contributed by atoms with van der Waals surface area (Å²) in [5.74, 6) is 0.204. The predicted octanol–water partition coefficient (Wildman–Crippen LogP) is 4.12. The van der Waals surface area contributed by atoms with Gasteiger partial charge in [0.15, 0.2) is 0 Å². The molecule has 1 amide bonds. The zero-order valence-corrected chi connectivity index (χ0v) is 19.4. The summed E-state index contributed by atoms with van der Waals surface area (Å²) in [6.45, 7) is 7.86. The van der Waals surface area contributed by atoms with Gasteiger partial charge >= 0.3 is 0 Å². The van der Waals surface area contributed by atoms with E-state index in [4.69, 9.17) is 4.74 Å². The summed E-state index contributed by atoms with van der Waals surface area (Å²) in [5, 5.41) is 3.07. The monoisotopic (exact) mass is 432 g/mol. The second-order valence-corrected chi connectivity index (χ2v) is 9.37. The van der Waals surface area contributed by atoms with E-state index in [1.807, 2.05) is 32.9 Å². The van der Waals surface area contributed by atoms with Gasteiger partial charge in [0.25, 0.3) is 0 Å². The van der Waals surface area contributed by atoms with Crippen LogP contribution in [0.3, 0.4) is 0 Å². The first-order valence-corrected chi connectivity index (χ1v) is 12.0. The van der Waals surface area contributed by atoms with Gasteiger partial charge in [-0.3, -0.25) is 9.10 Å². The standard InChI is InChI=1S/C23H32N2O4S/c1-7-21(20-13-12-16(3)14-17(20)4)24-23(26)22(8-2)25(30(6,27)28)18-10-9-11-19(15-18)29-5/h9-15,21-22H,7-8H2,1-6H3,(H,24,26)/t21-,22+/m1/s1. The number of rotatable bonds is 9. The Morgan fingerprint density at radius 2 is 1.80 bits per heavy atom. The lowest BCUT2D eigenvalue weighted by Crippen LogP contribution is -2.50. The van der Waals surface area contributed by atoms with Crippen molar-refractivity contribution in [1.82, 2.24) is 5.32 Å². The highest BCUT2D eigenvalue weighted by Crippen LogP contribution is 2.28. The summed E-state index contributed by atoms with van der Waals surface area (Å²) < 4.78 is 31.7. The van der Waals surface area contributed by atoms with Gasteiger partial charge < -0.3 is 10.1 Å². The first kappa shape index (κ1) is 23.7. The van der Waals surface area contributed by atoms with E-state index in [1.54, 1.807) is 31.2 Å². The summed E-state index contributed by atoms with van der Waals surface area (Å²) in [6, 6.07) is 11.8. The molecule has 0 aliphatic carbocycles. The van der Waals surface area contributed by atoms with Crippen LogP contribution in [0.5, 0.6) is 5.75 Å². The van der Waals surface area contributed by atoms with Crippen LogP contribution < -0.4 is 14.4 Å². The van der Waals surface area contributed by atoms with Crippen molar-refractivity contribution in [3.05, 3.63) is 59.2 Å². The molecule has 0 saturated heterocycles. The van der Waals surface area contributed by atoms with Crippen LogP contribution in [0.4, 0.5) is 5.69 Å². The number of aryl methyl sites for hydroxylation is 2. The Balaban J connectivity index is 2.39. The van der Waals surface area contributed by atoms with Gasteiger partial charge in [0.1, 0.15) is 11.8 Å². The number of ether oxygens (including phenoxy) is 1. The average Bonchev–Trinajstić information content (AvgIpc) is 2.69. The first-order chi connectivity index (χ1) is 14.1. The van der Waals surface area contributed by atoms with Gasteiger partial charge in [-0.05, 0) is 49.9 Å². The predicted molar refractivity (Wildman–Crippen MR) is 121 cm³/mol. The SMILES string of the molecule is CC[C@@H](NC(=O)[C@H](CC)N(c1cccc(OC)c1)S(C)(=O)=O)c1ccc(C)cc1C. The van der Waals surface area contributed by atoms with Crippen LogP contribution in [0, 0.1) is 13.8 Å². The lowest BCUT2D eigenvalue weighted by Gasteiger charge is -2.32. The molecule has 6 nitrogen and oxygen atoms in total. The van der Waals surface area contributed by atoms with Crippen molar-refractivity contribution >= 4 is 21.6 Å². The van der Waals surface area contributed by atoms with Gasteiger partial charge in [-0.15, -0.1) is 0 Å². The van der Waals surface area contributed by atoms with Gasteiger partial charge in [0, 0.05) is 6.07 Å². The fourth-order valence-electron chi connectivity index (χ4n) is 3.69. The second kappa shape index (κ2) is 9.98. The van der Waals surface area contributed by atoms with Gasteiger partial charge in [0.2, 0.25) is 15.9 Å². The van der Waals surface area contributed by atoms with Crippen molar-refractivity contribution in [2.24, 2.45) is 0 Å². The third-order valence-electron chi connectivity index (χ3n) is 5.16. The molecule has 0 unspecified atom stereocenters. The summed E-state index contributed by atoms with van der Waals surface area (Å²) in [7, 11) is -2.19. The van der Waals surface area contributed by atoms with Crippen LogP contribution in [0.1, 0.15) is 49.4 Å². The minimum atomic E-state index is -3.70. The topological polar surface area (TPSA) is 75.7 Å². The molecule has 0 spiro atoms. The Hall–Kier alpha value is -2.54. The maximum atomic E-state index is 13.3. The Bertz CT molecular complexity index is 988. The molecule has 2 atom stereocenters. The number of carbonyl (C=O) groups is 1. The quantitative estimate of drug-likeness (QED) is 0.647. The minimum Gasteiger partial charge on any atom is -0.497 e. The molecule has 2 aromatic rings. The Kier molecular flexibility index (Phi) is 7.89. The minimum absolute atomic E-state index is 0.195. The van der Waals surface area contributed by atoms with Crippen LogP contribution in [0.15, 0.2) is 42.5 Å². The highest BCUT2D eigenvalue weighted by molar-refractivity contribution is 7.92. The molecule has 0 bridgehead atoms. The molecule has 0 aromatic heterocycles. The lowest BCUT2D eigenvalue weighted by atomic mass is 9.97. The van der Waals surface area contributed by atoms with Crippen LogP contribution >= 0.6 is 0 Å². The van der Waals surface area contributed by atoms with Crippen LogP contribution in [0.2, 0.25) is 0 Å². The molecule has 0 aliphatic heterocycles. The third kappa shape index (κ3) is 5.53. The van der Waals surface area contributed by atoms with E-state index in [0.717, 1.165) is 22.9 Å². The van der Waals surface area contributed by atoms with Crippen molar-refractivity contribution in [3.63, 3.8) is 0 Å². The van der Waals surface area contributed by atoms with Crippen molar-refractivity contribution in [2.75, 3.05) is 17.7 Å². The Morgan fingerprint density at radius 3 is 2.33 bits per heavy atom. The van der Waals surface area contributed by atoms with Crippen molar-refractivity contribution in [3.8, 4) is 5.75 Å². The number of methoxy groups -OCH3 is 1. The first-order valence-electron chi connectivity index (χ1n) is 10.1. The van der Waals surface area contributed by atoms with E-state index in [2.05, 4.69) is 11.4 Å². The molecule has 1 N–H and O–H groups in total. The molecule has 0 heterocycles. The number of nitrogens with zero attached hydrogens (tertiary/aromatic N) is 1. The van der Waals surface area contributed by atoms with E-state index in [1.165, 1.54) is 11.4 Å². The number of nitrogens with one attached hydrogen (secondary N) is 1. The zero-order valence-electron chi connectivity index (χ0n) is 18.6. The van der Waals surface area contributed by atoms with E-state index in [0.29, 0.717) is 24.3 Å². The molecule has 7 heteroatoms. The summed E-state index contributed by atoms with van der Waals surface area (Å²) >= 11 is 0. The summed E-state index contributed by atoms with van der Waals surface area (Å²) in [5.41, 5.74) is 3.70. The van der Waals surface area contributed by atoms with Gasteiger partial charge in [-0.1, -0.05) is 43.7 Å². The zero-order chi connectivity index (χ0) is 22.5. The largest absolute Gasteiger partial charge is 0.497 e. The normalized spacial score (nSPS) is 13.4. The Morgan fingerprint density at radius 1 is 1.10 bits per heavy atom. The third-order valence-corrected chi connectivity index (χ3v) is 6.34. The maximum absolute atomic E-state index is 13.3. The van der Waals surface area contributed by atoms with E-state index < -0.39 is 16.1 Å². The number of carbonyl (C=O) groups excluding carboxylic acids is 1. The number of benzene rings is 2. The number of amides is 1. The maximum Gasteiger partial charge on any atom is 0.244 e. The fourth-order valence-corrected chi connectivity index (χ4v) is 4.90. The molecule has 0 saturated carbocycles. The van der Waals surface area contributed by atoms with Crippen molar-refractivity contribution in [1.29, 1.82) is 0 Å². The highest BCUT2D eigenvalue weighted by Gasteiger charge is 2.32. The summed E-state index contributed by atoms with van der Waals surface area (Å²) in [6.07, 6.45) is 2.15. The van der Waals surface area contributed by atoms with E-state index >= 15 is 0 Å². The molecular weight excluding hydrogens is 400 g/mol. The van der Waals surface area contributed by atoms with E-state index in [-0.39, 0.29) is 11.9 Å². The van der Waals surface area contributed by atoms with Gasteiger partial charge in [0.05, 0.1) is 25.1 Å². The molecular formula is C23H32N2O4S. The summed E-state index contributed by atoms with van der Waals surface area (Å²) in [4.78, 5) is 13.3.